The number of aromatic nitrogens is 2. The number of anilines is 1. The summed E-state index contributed by atoms with van der Waals surface area (Å²) in [5.41, 5.74) is 2.30. The Morgan fingerprint density at radius 3 is 2.73 bits per heavy atom. The molecule has 138 valence electrons. The number of Topliss-reactive ketones (excluding diaryl/α,β-unsaturated/α-hetero) is 1. The van der Waals surface area contributed by atoms with Crippen LogP contribution in [0.5, 0.6) is 0 Å². The molecule has 0 spiro atoms. The predicted molar refractivity (Wildman–Crippen MR) is 95.6 cm³/mol. The van der Waals surface area contributed by atoms with Gasteiger partial charge in [-0.15, -0.1) is 0 Å². The average Bonchev–Trinajstić information content (AvgIpc) is 3.24. The summed E-state index contributed by atoms with van der Waals surface area (Å²) < 4.78 is 11.8. The minimum atomic E-state index is -0.722. The Balaban J connectivity index is 1.79. The van der Waals surface area contributed by atoms with Gasteiger partial charge in [0.2, 0.25) is 5.78 Å². The molecule has 2 aromatic rings. The van der Waals surface area contributed by atoms with E-state index in [1.165, 1.54) is 0 Å². The highest BCUT2D eigenvalue weighted by Crippen LogP contribution is 2.39. The summed E-state index contributed by atoms with van der Waals surface area (Å²) in [6.45, 7) is 7.97. The van der Waals surface area contributed by atoms with Crippen LogP contribution in [-0.4, -0.2) is 46.2 Å². The van der Waals surface area contributed by atoms with Gasteiger partial charge in [-0.2, -0.15) is 0 Å². The van der Waals surface area contributed by atoms with E-state index in [0.717, 1.165) is 11.0 Å². The summed E-state index contributed by atoms with van der Waals surface area (Å²) in [4.78, 5) is 34.5. The molecule has 3 atom stereocenters. The van der Waals surface area contributed by atoms with Gasteiger partial charge in [0.05, 0.1) is 35.9 Å². The van der Waals surface area contributed by atoms with Crippen LogP contribution < -0.4 is 4.90 Å². The maximum absolute atomic E-state index is 12.9. The molecule has 0 bridgehead atoms. The van der Waals surface area contributed by atoms with E-state index in [9.17, 15) is 9.59 Å². The van der Waals surface area contributed by atoms with E-state index in [-0.39, 0.29) is 17.8 Å². The number of benzene rings is 1. The number of hydrogen-bond donors (Lipinski definition) is 1. The molecule has 2 aliphatic rings. The van der Waals surface area contributed by atoms with E-state index in [1.54, 1.807) is 11.2 Å². The molecule has 26 heavy (non-hydrogen) atoms. The zero-order valence-electron chi connectivity index (χ0n) is 15.4. The van der Waals surface area contributed by atoms with Gasteiger partial charge in [0.25, 0.3) is 5.91 Å². The van der Waals surface area contributed by atoms with Gasteiger partial charge in [-0.1, -0.05) is 13.8 Å². The normalized spacial score (nSPS) is 28.7. The topological polar surface area (TPSA) is 84.5 Å². The van der Waals surface area contributed by atoms with E-state index < -0.39 is 23.7 Å². The van der Waals surface area contributed by atoms with Crippen molar-refractivity contribution in [1.29, 1.82) is 0 Å². The number of fused-ring (bicyclic) bond motifs is 1. The van der Waals surface area contributed by atoms with Crippen LogP contribution >= 0.6 is 0 Å². The first kappa shape index (κ1) is 17.2. The van der Waals surface area contributed by atoms with E-state index >= 15 is 0 Å². The third-order valence-electron chi connectivity index (χ3n) is 5.21. The summed E-state index contributed by atoms with van der Waals surface area (Å²) in [7, 11) is 0. The van der Waals surface area contributed by atoms with Gasteiger partial charge in [0.15, 0.2) is 5.79 Å². The van der Waals surface area contributed by atoms with Crippen molar-refractivity contribution in [3.63, 3.8) is 0 Å². The number of aromatic amines is 1. The lowest BCUT2D eigenvalue weighted by atomic mass is 9.85. The SMILES string of the molecule is CC(C)C1C(=O)C(=O)N(c2ccc3nc[nH]c3c2)C1C1COC(C)(C)O1. The molecule has 2 aliphatic heterocycles. The van der Waals surface area contributed by atoms with Crippen molar-refractivity contribution in [3.8, 4) is 0 Å². The standard InChI is InChI=1S/C19H23N3O4/c1-10(2)15-16(14-8-25-19(3,4)26-14)22(18(24)17(15)23)11-5-6-12-13(7-11)21-9-20-12/h5-7,9-10,14-16H,8H2,1-4H3,(H,20,21). The monoisotopic (exact) mass is 357 g/mol. The van der Waals surface area contributed by atoms with Crippen molar-refractivity contribution < 1.29 is 19.1 Å². The second-order valence-corrected chi connectivity index (χ2v) is 7.77. The number of rotatable bonds is 3. The Hall–Kier alpha value is -2.25. The number of nitrogens with zero attached hydrogens (tertiary/aromatic N) is 2. The molecule has 1 amide bonds. The smallest absolute Gasteiger partial charge is 0.295 e. The molecule has 7 heteroatoms. The average molecular weight is 357 g/mol. The molecule has 2 fully saturated rings. The highest BCUT2D eigenvalue weighted by molar-refractivity contribution is 6.45. The number of nitrogens with one attached hydrogen (secondary N) is 1. The molecule has 3 heterocycles. The molecule has 7 nitrogen and oxygen atoms in total. The predicted octanol–water partition coefficient (Wildman–Crippen LogP) is 2.27. The van der Waals surface area contributed by atoms with Crippen LogP contribution in [-0.2, 0) is 19.1 Å². The van der Waals surface area contributed by atoms with Crippen LogP contribution in [0, 0.1) is 11.8 Å². The Bertz CT molecular complexity index is 873. The van der Waals surface area contributed by atoms with Gasteiger partial charge in [-0.3, -0.25) is 14.5 Å². The number of carbonyl (C=O) groups is 2. The summed E-state index contributed by atoms with van der Waals surface area (Å²) in [5.74, 6) is -1.98. The number of carbonyl (C=O) groups excluding carboxylic acids is 2. The molecule has 1 N–H and O–H groups in total. The molecular formula is C19H23N3O4. The molecule has 0 radical (unpaired) electrons. The highest BCUT2D eigenvalue weighted by Gasteiger charge is 2.55. The summed E-state index contributed by atoms with van der Waals surface area (Å²) >= 11 is 0. The van der Waals surface area contributed by atoms with Crippen LogP contribution in [0.25, 0.3) is 11.0 Å². The van der Waals surface area contributed by atoms with Gasteiger partial charge in [0.1, 0.15) is 6.10 Å². The fourth-order valence-corrected chi connectivity index (χ4v) is 4.05. The lowest BCUT2D eigenvalue weighted by Crippen LogP contribution is -2.47. The molecule has 1 aromatic carbocycles. The van der Waals surface area contributed by atoms with Crippen molar-refractivity contribution in [3.05, 3.63) is 24.5 Å². The summed E-state index contributed by atoms with van der Waals surface area (Å²) in [6.07, 6.45) is 1.25. The zero-order valence-corrected chi connectivity index (χ0v) is 15.4. The van der Waals surface area contributed by atoms with Crippen LogP contribution in [0.15, 0.2) is 24.5 Å². The van der Waals surface area contributed by atoms with Gasteiger partial charge >= 0.3 is 0 Å². The fourth-order valence-electron chi connectivity index (χ4n) is 4.05. The fraction of sp³-hybridized carbons (Fsp3) is 0.526. The van der Waals surface area contributed by atoms with Gasteiger partial charge in [0, 0.05) is 5.69 Å². The van der Waals surface area contributed by atoms with Crippen LogP contribution in [0.1, 0.15) is 27.7 Å². The minimum Gasteiger partial charge on any atom is -0.348 e. The molecule has 0 saturated carbocycles. The van der Waals surface area contributed by atoms with E-state index in [2.05, 4.69) is 9.97 Å². The van der Waals surface area contributed by atoms with Crippen LogP contribution in [0.3, 0.4) is 0 Å². The number of hydrogen-bond acceptors (Lipinski definition) is 5. The Morgan fingerprint density at radius 2 is 2.08 bits per heavy atom. The third-order valence-corrected chi connectivity index (χ3v) is 5.21. The molecular weight excluding hydrogens is 334 g/mol. The van der Waals surface area contributed by atoms with Crippen molar-refractivity contribution in [2.24, 2.45) is 11.8 Å². The van der Waals surface area contributed by atoms with Crippen LogP contribution in [0.4, 0.5) is 5.69 Å². The third kappa shape index (κ3) is 2.62. The first-order valence-corrected chi connectivity index (χ1v) is 8.91. The summed E-state index contributed by atoms with van der Waals surface area (Å²) in [5, 5.41) is 0. The first-order valence-electron chi connectivity index (χ1n) is 8.91. The lowest BCUT2D eigenvalue weighted by Gasteiger charge is -2.33. The lowest BCUT2D eigenvalue weighted by molar-refractivity contribution is -0.143. The van der Waals surface area contributed by atoms with Crippen molar-refractivity contribution >= 4 is 28.4 Å². The van der Waals surface area contributed by atoms with E-state index in [1.807, 2.05) is 45.9 Å². The zero-order chi connectivity index (χ0) is 18.6. The number of amides is 1. The Kier molecular flexibility index (Phi) is 3.89. The second-order valence-electron chi connectivity index (χ2n) is 7.77. The van der Waals surface area contributed by atoms with Crippen molar-refractivity contribution in [1.82, 2.24) is 9.97 Å². The van der Waals surface area contributed by atoms with Gasteiger partial charge in [-0.25, -0.2) is 4.98 Å². The van der Waals surface area contributed by atoms with Crippen LogP contribution in [0.2, 0.25) is 0 Å². The molecule has 4 rings (SSSR count). The maximum atomic E-state index is 12.9. The number of H-pyrrole nitrogens is 1. The van der Waals surface area contributed by atoms with Crippen molar-refractivity contribution in [2.45, 2.75) is 45.6 Å². The van der Waals surface area contributed by atoms with E-state index in [0.29, 0.717) is 12.3 Å². The maximum Gasteiger partial charge on any atom is 0.295 e. The first-order chi connectivity index (χ1) is 12.3. The quantitative estimate of drug-likeness (QED) is 0.852. The molecule has 3 unspecified atom stereocenters. The largest absolute Gasteiger partial charge is 0.348 e. The Morgan fingerprint density at radius 1 is 1.31 bits per heavy atom. The van der Waals surface area contributed by atoms with Gasteiger partial charge in [-0.05, 0) is 38.0 Å². The molecule has 1 aromatic heterocycles. The molecule has 2 saturated heterocycles. The highest BCUT2D eigenvalue weighted by atomic mass is 16.7. The second kappa shape index (κ2) is 5.89. The molecule has 0 aliphatic carbocycles. The summed E-state index contributed by atoms with van der Waals surface area (Å²) in [6, 6.07) is 5.13. The number of ether oxygens (including phenoxy) is 2. The van der Waals surface area contributed by atoms with E-state index in [4.69, 9.17) is 9.47 Å². The Labute approximate surface area is 151 Å². The minimum absolute atomic E-state index is 0.0182. The van der Waals surface area contributed by atoms with Gasteiger partial charge < -0.3 is 14.5 Å². The van der Waals surface area contributed by atoms with Crippen molar-refractivity contribution in [2.75, 3.05) is 11.5 Å². The number of imidazole rings is 1. The number of ketones is 1.